The quantitative estimate of drug-likeness (QED) is 0.897. The number of benzene rings is 1. The number of hydrogen-bond acceptors (Lipinski definition) is 3. The van der Waals surface area contributed by atoms with Crippen molar-refractivity contribution in [3.8, 4) is 0 Å². The average Bonchev–Trinajstić information content (AvgIpc) is 3.04. The molecule has 0 spiro atoms. The van der Waals surface area contributed by atoms with E-state index in [1.165, 1.54) is 12.5 Å². The molecule has 2 heterocycles. The predicted octanol–water partition coefficient (Wildman–Crippen LogP) is 1.68. The third kappa shape index (κ3) is 3.59. The number of rotatable bonds is 2. The van der Waals surface area contributed by atoms with Crippen molar-refractivity contribution in [2.24, 2.45) is 0 Å². The molecule has 122 valence electrons. The average molecular weight is 328 g/mol. The first kappa shape index (κ1) is 17.2. The molecule has 1 atom stereocenters. The molecule has 1 aromatic rings. The van der Waals surface area contributed by atoms with Gasteiger partial charge in [-0.1, -0.05) is 0 Å². The normalized spacial score (nSPS) is 22.5. The summed E-state index contributed by atoms with van der Waals surface area (Å²) in [6.45, 7) is 7.22. The maximum atomic E-state index is 13.3. The van der Waals surface area contributed by atoms with Gasteiger partial charge in [0.15, 0.2) is 0 Å². The molecule has 0 aliphatic carbocycles. The van der Waals surface area contributed by atoms with Crippen LogP contribution < -0.4 is 5.32 Å². The van der Waals surface area contributed by atoms with Gasteiger partial charge in [0.05, 0.1) is 0 Å². The van der Waals surface area contributed by atoms with Crippen LogP contribution in [0.5, 0.6) is 0 Å². The topological polar surface area (TPSA) is 35.6 Å². The first-order valence-corrected chi connectivity index (χ1v) is 7.65. The molecule has 1 aromatic carbocycles. The second kappa shape index (κ2) is 7.40. The highest BCUT2D eigenvalue weighted by molar-refractivity contribution is 5.94. The predicted molar refractivity (Wildman–Crippen MR) is 87.1 cm³/mol. The van der Waals surface area contributed by atoms with Gasteiger partial charge in [-0.3, -0.25) is 9.69 Å². The lowest BCUT2D eigenvalue weighted by molar-refractivity contribution is 0.0583. The first-order valence-electron chi connectivity index (χ1n) is 7.65. The summed E-state index contributed by atoms with van der Waals surface area (Å²) in [5.74, 6) is -0.243. The monoisotopic (exact) mass is 327 g/mol. The highest BCUT2D eigenvalue weighted by atomic mass is 35.5. The fraction of sp³-hybridized carbons (Fsp3) is 0.562. The molecule has 0 aromatic heterocycles. The Kier molecular flexibility index (Phi) is 5.78. The van der Waals surface area contributed by atoms with Crippen molar-refractivity contribution in [3.05, 3.63) is 35.1 Å². The van der Waals surface area contributed by atoms with E-state index >= 15 is 0 Å². The highest BCUT2D eigenvalue weighted by Crippen LogP contribution is 2.15. The van der Waals surface area contributed by atoms with Gasteiger partial charge in [0.2, 0.25) is 0 Å². The summed E-state index contributed by atoms with van der Waals surface area (Å²) >= 11 is 0. The maximum Gasteiger partial charge on any atom is 0.253 e. The van der Waals surface area contributed by atoms with Crippen LogP contribution in [0.15, 0.2) is 18.2 Å². The van der Waals surface area contributed by atoms with Crippen molar-refractivity contribution in [2.75, 3.05) is 39.3 Å². The Balaban J connectivity index is 0.00000176. The summed E-state index contributed by atoms with van der Waals surface area (Å²) in [7, 11) is 0. The second-order valence-electron chi connectivity index (χ2n) is 5.94. The number of piperazine rings is 1. The van der Waals surface area contributed by atoms with Crippen LogP contribution in [0, 0.1) is 12.7 Å². The molecule has 2 aliphatic rings. The van der Waals surface area contributed by atoms with Gasteiger partial charge in [0.25, 0.3) is 5.91 Å². The number of carbonyl (C=O) groups is 1. The molecule has 2 saturated heterocycles. The smallest absolute Gasteiger partial charge is 0.253 e. The zero-order valence-corrected chi connectivity index (χ0v) is 13.7. The number of amides is 1. The Hall–Kier alpha value is -1.17. The first-order chi connectivity index (χ1) is 10.1. The Morgan fingerprint density at radius 2 is 2.00 bits per heavy atom. The number of carbonyl (C=O) groups excluding carboxylic acids is 1. The van der Waals surface area contributed by atoms with Gasteiger partial charge in [0, 0.05) is 44.3 Å². The largest absolute Gasteiger partial charge is 0.336 e. The highest BCUT2D eigenvalue weighted by Gasteiger charge is 2.28. The molecule has 1 unspecified atom stereocenters. The lowest BCUT2D eigenvalue weighted by Crippen LogP contribution is -2.52. The Morgan fingerprint density at radius 3 is 2.59 bits per heavy atom. The van der Waals surface area contributed by atoms with Gasteiger partial charge in [-0.25, -0.2) is 4.39 Å². The Labute approximate surface area is 137 Å². The van der Waals surface area contributed by atoms with Gasteiger partial charge >= 0.3 is 0 Å². The number of nitrogens with one attached hydrogen (secondary N) is 1. The summed E-state index contributed by atoms with van der Waals surface area (Å²) in [6, 6.07) is 5.22. The van der Waals surface area contributed by atoms with Crippen molar-refractivity contribution < 1.29 is 9.18 Å². The molecule has 2 aliphatic heterocycles. The van der Waals surface area contributed by atoms with E-state index in [4.69, 9.17) is 0 Å². The molecule has 3 rings (SSSR count). The third-order valence-corrected chi connectivity index (χ3v) is 4.56. The molecular formula is C16H23ClFN3O. The SMILES string of the molecule is Cc1cc(C(=O)N2CCN(C3CCNC3)CC2)ccc1F.Cl. The molecule has 4 nitrogen and oxygen atoms in total. The minimum absolute atomic E-state index is 0. The number of hydrogen-bond donors (Lipinski definition) is 1. The lowest BCUT2D eigenvalue weighted by Gasteiger charge is -2.37. The van der Waals surface area contributed by atoms with E-state index in [2.05, 4.69) is 10.2 Å². The zero-order chi connectivity index (χ0) is 14.8. The van der Waals surface area contributed by atoms with Gasteiger partial charge in [-0.2, -0.15) is 0 Å². The minimum atomic E-state index is -0.259. The Bertz CT molecular complexity index is 526. The molecule has 1 N–H and O–H groups in total. The van der Waals surface area contributed by atoms with Crippen LogP contribution in [0.1, 0.15) is 22.3 Å². The zero-order valence-electron chi connectivity index (χ0n) is 12.8. The van der Waals surface area contributed by atoms with Crippen molar-refractivity contribution in [1.82, 2.24) is 15.1 Å². The maximum absolute atomic E-state index is 13.3. The van der Waals surface area contributed by atoms with E-state index in [1.54, 1.807) is 19.1 Å². The van der Waals surface area contributed by atoms with Crippen LogP contribution in [-0.4, -0.2) is 61.0 Å². The molecule has 6 heteroatoms. The molecule has 2 fully saturated rings. The molecule has 0 saturated carbocycles. The summed E-state index contributed by atoms with van der Waals surface area (Å²) < 4.78 is 13.3. The van der Waals surface area contributed by atoms with Gasteiger partial charge in [0.1, 0.15) is 5.82 Å². The van der Waals surface area contributed by atoms with Crippen molar-refractivity contribution >= 4 is 18.3 Å². The fourth-order valence-electron chi connectivity index (χ4n) is 3.20. The molecule has 22 heavy (non-hydrogen) atoms. The lowest BCUT2D eigenvalue weighted by atomic mass is 10.1. The van der Waals surface area contributed by atoms with Crippen LogP contribution in [0.3, 0.4) is 0 Å². The Morgan fingerprint density at radius 1 is 1.27 bits per heavy atom. The van der Waals surface area contributed by atoms with Gasteiger partial charge in [-0.15, -0.1) is 12.4 Å². The third-order valence-electron chi connectivity index (χ3n) is 4.56. The van der Waals surface area contributed by atoms with Gasteiger partial charge in [-0.05, 0) is 43.7 Å². The van der Waals surface area contributed by atoms with E-state index in [0.29, 0.717) is 17.2 Å². The van der Waals surface area contributed by atoms with Crippen LogP contribution in [0.2, 0.25) is 0 Å². The fourth-order valence-corrected chi connectivity index (χ4v) is 3.20. The number of halogens is 2. The molecular weight excluding hydrogens is 305 g/mol. The standard InChI is InChI=1S/C16H22FN3O.ClH/c1-12-10-13(2-3-15(12)17)16(21)20-8-6-19(7-9-20)14-4-5-18-11-14;/h2-3,10,14,18H,4-9,11H2,1H3;1H. The summed E-state index contributed by atoms with van der Waals surface area (Å²) in [5.41, 5.74) is 1.11. The second-order valence-corrected chi connectivity index (χ2v) is 5.94. The number of nitrogens with zero attached hydrogens (tertiary/aromatic N) is 2. The molecule has 0 bridgehead atoms. The van der Waals surface area contributed by atoms with Crippen molar-refractivity contribution in [2.45, 2.75) is 19.4 Å². The van der Waals surface area contributed by atoms with Crippen molar-refractivity contribution in [3.63, 3.8) is 0 Å². The van der Waals surface area contributed by atoms with E-state index in [9.17, 15) is 9.18 Å². The summed E-state index contributed by atoms with van der Waals surface area (Å²) in [4.78, 5) is 16.8. The minimum Gasteiger partial charge on any atom is -0.336 e. The van der Waals surface area contributed by atoms with E-state index < -0.39 is 0 Å². The number of aryl methyl sites for hydroxylation is 1. The van der Waals surface area contributed by atoms with Crippen LogP contribution in [0.4, 0.5) is 4.39 Å². The molecule has 1 amide bonds. The molecule has 0 radical (unpaired) electrons. The van der Waals surface area contributed by atoms with Gasteiger partial charge < -0.3 is 10.2 Å². The van der Waals surface area contributed by atoms with E-state index in [1.807, 2.05) is 4.90 Å². The van der Waals surface area contributed by atoms with E-state index in [-0.39, 0.29) is 24.1 Å². The van der Waals surface area contributed by atoms with Crippen molar-refractivity contribution in [1.29, 1.82) is 0 Å². The summed E-state index contributed by atoms with van der Waals surface area (Å²) in [5, 5.41) is 3.38. The van der Waals surface area contributed by atoms with E-state index in [0.717, 1.165) is 39.3 Å². The van der Waals surface area contributed by atoms with Crippen LogP contribution in [-0.2, 0) is 0 Å². The van der Waals surface area contributed by atoms with Crippen LogP contribution >= 0.6 is 12.4 Å². The van der Waals surface area contributed by atoms with Crippen LogP contribution in [0.25, 0.3) is 0 Å². The summed E-state index contributed by atoms with van der Waals surface area (Å²) in [6.07, 6.45) is 1.20.